The molecule has 0 aliphatic heterocycles. The molecule has 2 rings (SSSR count). The van der Waals surface area contributed by atoms with Gasteiger partial charge in [0.15, 0.2) is 0 Å². The van der Waals surface area contributed by atoms with Crippen molar-refractivity contribution in [3.05, 3.63) is 23.9 Å². The molecule has 1 aromatic rings. The lowest BCUT2D eigenvalue weighted by atomic mass is 10.2. The molecule has 1 aliphatic rings. The average Bonchev–Trinajstić information content (AvgIpc) is 2.97. The Morgan fingerprint density at radius 1 is 1.64 bits per heavy atom. The molecule has 0 spiro atoms. The third-order valence-electron chi connectivity index (χ3n) is 2.57. The van der Waals surface area contributed by atoms with E-state index in [2.05, 4.69) is 10.3 Å². The molecule has 14 heavy (non-hydrogen) atoms. The normalized spacial score (nSPS) is 17.9. The Morgan fingerprint density at radius 2 is 2.43 bits per heavy atom. The van der Waals surface area contributed by atoms with Crippen molar-refractivity contribution < 1.29 is 5.11 Å². The highest BCUT2D eigenvalue weighted by Gasteiger charge is 2.29. The van der Waals surface area contributed by atoms with Gasteiger partial charge in [0.05, 0.1) is 6.10 Å². The molecule has 1 atom stereocenters. The van der Waals surface area contributed by atoms with E-state index in [0.29, 0.717) is 12.5 Å². The quantitative estimate of drug-likeness (QED) is 0.761. The van der Waals surface area contributed by atoms with Crippen molar-refractivity contribution in [2.24, 2.45) is 5.92 Å². The fourth-order valence-corrected chi connectivity index (χ4v) is 1.49. The van der Waals surface area contributed by atoms with E-state index in [1.807, 2.05) is 19.1 Å². The van der Waals surface area contributed by atoms with Crippen LogP contribution in [-0.4, -0.2) is 22.7 Å². The first-order valence-electron chi connectivity index (χ1n) is 5.10. The van der Waals surface area contributed by atoms with Crippen molar-refractivity contribution in [2.75, 3.05) is 11.9 Å². The van der Waals surface area contributed by atoms with Gasteiger partial charge in [-0.3, -0.25) is 0 Å². The molecule has 0 radical (unpaired) electrons. The lowest BCUT2D eigenvalue weighted by molar-refractivity contribution is 0.164. The minimum atomic E-state index is -0.211. The smallest absolute Gasteiger partial charge is 0.126 e. The van der Waals surface area contributed by atoms with Crippen LogP contribution in [0.5, 0.6) is 0 Å². The van der Waals surface area contributed by atoms with Crippen LogP contribution in [0.3, 0.4) is 0 Å². The van der Waals surface area contributed by atoms with E-state index in [4.69, 9.17) is 0 Å². The van der Waals surface area contributed by atoms with Crippen LogP contribution in [0.15, 0.2) is 18.3 Å². The molecule has 0 amide bonds. The molecule has 3 nitrogen and oxygen atoms in total. The van der Waals surface area contributed by atoms with Crippen LogP contribution in [-0.2, 0) is 0 Å². The molecule has 1 unspecified atom stereocenters. The van der Waals surface area contributed by atoms with Gasteiger partial charge in [-0.1, -0.05) is 0 Å². The SMILES string of the molecule is Cc1ccnc(NCC(O)C2CC2)c1. The first-order chi connectivity index (χ1) is 6.75. The van der Waals surface area contributed by atoms with Gasteiger partial charge < -0.3 is 10.4 Å². The number of hydrogen-bond donors (Lipinski definition) is 2. The standard InChI is InChI=1S/C11H16N2O/c1-8-4-5-12-11(6-8)13-7-10(14)9-2-3-9/h4-6,9-10,14H,2-3,7H2,1H3,(H,12,13). The molecule has 2 N–H and O–H groups in total. The number of anilines is 1. The fraction of sp³-hybridized carbons (Fsp3) is 0.545. The van der Waals surface area contributed by atoms with Gasteiger partial charge in [0.2, 0.25) is 0 Å². The Balaban J connectivity index is 1.84. The van der Waals surface area contributed by atoms with E-state index in [1.54, 1.807) is 6.20 Å². The minimum absolute atomic E-state index is 0.211. The van der Waals surface area contributed by atoms with Crippen LogP contribution >= 0.6 is 0 Å². The summed E-state index contributed by atoms with van der Waals surface area (Å²) in [5.41, 5.74) is 1.18. The first-order valence-corrected chi connectivity index (χ1v) is 5.10. The van der Waals surface area contributed by atoms with Gasteiger partial charge in [-0.15, -0.1) is 0 Å². The van der Waals surface area contributed by atoms with Crippen LogP contribution in [0.25, 0.3) is 0 Å². The Hall–Kier alpha value is -1.09. The van der Waals surface area contributed by atoms with E-state index >= 15 is 0 Å². The van der Waals surface area contributed by atoms with Gasteiger partial charge >= 0.3 is 0 Å². The number of nitrogens with one attached hydrogen (secondary N) is 1. The number of pyridine rings is 1. The molecule has 3 heteroatoms. The molecule has 76 valence electrons. The van der Waals surface area contributed by atoms with E-state index in [0.717, 1.165) is 5.82 Å². The minimum Gasteiger partial charge on any atom is -0.391 e. The summed E-state index contributed by atoms with van der Waals surface area (Å²) in [7, 11) is 0. The van der Waals surface area contributed by atoms with Crippen LogP contribution in [0.2, 0.25) is 0 Å². The van der Waals surface area contributed by atoms with Crippen LogP contribution in [0, 0.1) is 12.8 Å². The van der Waals surface area contributed by atoms with Crippen molar-refractivity contribution in [1.82, 2.24) is 4.98 Å². The van der Waals surface area contributed by atoms with Gasteiger partial charge in [0.1, 0.15) is 5.82 Å². The summed E-state index contributed by atoms with van der Waals surface area (Å²) in [5, 5.41) is 12.8. The van der Waals surface area contributed by atoms with Crippen molar-refractivity contribution in [2.45, 2.75) is 25.9 Å². The number of nitrogens with zero attached hydrogens (tertiary/aromatic N) is 1. The summed E-state index contributed by atoms with van der Waals surface area (Å²) >= 11 is 0. The average molecular weight is 192 g/mol. The summed E-state index contributed by atoms with van der Waals surface area (Å²) < 4.78 is 0. The van der Waals surface area contributed by atoms with Crippen LogP contribution in [0.1, 0.15) is 18.4 Å². The zero-order valence-corrected chi connectivity index (χ0v) is 8.40. The first kappa shape index (κ1) is 9.46. The molecule has 1 aliphatic carbocycles. The fourth-order valence-electron chi connectivity index (χ4n) is 1.49. The second kappa shape index (κ2) is 3.96. The maximum Gasteiger partial charge on any atom is 0.126 e. The molecule has 1 heterocycles. The summed E-state index contributed by atoms with van der Waals surface area (Å²) in [6.07, 6.45) is 3.91. The zero-order valence-electron chi connectivity index (χ0n) is 8.40. The topological polar surface area (TPSA) is 45.2 Å². The number of aromatic nitrogens is 1. The highest BCUT2D eigenvalue weighted by molar-refractivity contribution is 5.37. The van der Waals surface area contributed by atoms with Gasteiger partial charge in [-0.25, -0.2) is 4.98 Å². The van der Waals surface area contributed by atoms with Crippen molar-refractivity contribution in [1.29, 1.82) is 0 Å². The highest BCUT2D eigenvalue weighted by Crippen LogP contribution is 2.32. The Labute approximate surface area is 84.2 Å². The second-order valence-corrected chi connectivity index (χ2v) is 4.00. The van der Waals surface area contributed by atoms with Crippen LogP contribution in [0.4, 0.5) is 5.82 Å². The largest absolute Gasteiger partial charge is 0.391 e. The molecule has 0 saturated heterocycles. The predicted octanol–water partition coefficient (Wildman–Crippen LogP) is 1.57. The van der Waals surface area contributed by atoms with E-state index in [1.165, 1.54) is 18.4 Å². The van der Waals surface area contributed by atoms with Gasteiger partial charge in [-0.2, -0.15) is 0 Å². The van der Waals surface area contributed by atoms with E-state index < -0.39 is 0 Å². The third kappa shape index (κ3) is 2.45. The summed E-state index contributed by atoms with van der Waals surface area (Å²) in [6, 6.07) is 3.95. The van der Waals surface area contributed by atoms with Gasteiger partial charge in [0, 0.05) is 12.7 Å². The van der Waals surface area contributed by atoms with E-state index in [-0.39, 0.29) is 6.10 Å². The van der Waals surface area contributed by atoms with Gasteiger partial charge in [0.25, 0.3) is 0 Å². The Kier molecular flexibility index (Phi) is 2.68. The predicted molar refractivity (Wildman–Crippen MR) is 56.2 cm³/mol. The second-order valence-electron chi connectivity index (χ2n) is 4.00. The number of aliphatic hydroxyl groups excluding tert-OH is 1. The lowest BCUT2D eigenvalue weighted by Gasteiger charge is -2.11. The lowest BCUT2D eigenvalue weighted by Crippen LogP contribution is -2.21. The molecule has 1 fully saturated rings. The Bertz CT molecular complexity index is 310. The zero-order chi connectivity index (χ0) is 9.97. The molecular weight excluding hydrogens is 176 g/mol. The van der Waals surface area contributed by atoms with E-state index in [9.17, 15) is 5.11 Å². The highest BCUT2D eigenvalue weighted by atomic mass is 16.3. The molecular formula is C11H16N2O. The maximum absolute atomic E-state index is 9.63. The molecule has 1 saturated carbocycles. The number of hydrogen-bond acceptors (Lipinski definition) is 3. The van der Waals surface area contributed by atoms with Gasteiger partial charge in [-0.05, 0) is 43.4 Å². The molecule has 0 aromatic carbocycles. The maximum atomic E-state index is 9.63. The van der Waals surface area contributed by atoms with Crippen molar-refractivity contribution in [3.63, 3.8) is 0 Å². The number of rotatable bonds is 4. The third-order valence-corrected chi connectivity index (χ3v) is 2.57. The monoisotopic (exact) mass is 192 g/mol. The number of aliphatic hydroxyl groups is 1. The molecule has 0 bridgehead atoms. The Morgan fingerprint density at radius 3 is 3.07 bits per heavy atom. The molecule has 1 aromatic heterocycles. The summed E-state index contributed by atoms with van der Waals surface area (Å²) in [4.78, 5) is 4.17. The summed E-state index contributed by atoms with van der Waals surface area (Å²) in [5.74, 6) is 1.37. The van der Waals surface area contributed by atoms with Crippen molar-refractivity contribution >= 4 is 5.82 Å². The van der Waals surface area contributed by atoms with Crippen LogP contribution < -0.4 is 5.32 Å². The van der Waals surface area contributed by atoms with Crippen molar-refractivity contribution in [3.8, 4) is 0 Å². The summed E-state index contributed by atoms with van der Waals surface area (Å²) in [6.45, 7) is 2.64. The number of aryl methyl sites for hydroxylation is 1.